The lowest BCUT2D eigenvalue weighted by molar-refractivity contribution is -0.119. The molecule has 0 aliphatic heterocycles. The average molecular weight is 629 g/mol. The lowest BCUT2D eigenvalue weighted by Gasteiger charge is -2.21. The Kier molecular flexibility index (Phi) is 9.83. The number of nitrogens with one attached hydrogen (secondary N) is 1. The number of methoxy groups -OCH3 is 1. The second-order valence-electron chi connectivity index (χ2n) is 8.00. The highest BCUT2D eigenvalue weighted by atomic mass is 79.9. The molecular formula is C25H24BrCl2N3O5S. The Hall–Kier alpha value is -2.79. The lowest BCUT2D eigenvalue weighted by Crippen LogP contribution is -2.39. The van der Waals surface area contributed by atoms with Crippen LogP contribution in [-0.2, 0) is 21.4 Å². The number of ether oxygens (including phenoxy) is 2. The second-order valence-corrected chi connectivity index (χ2v) is 11.6. The van der Waals surface area contributed by atoms with Gasteiger partial charge in [0.1, 0.15) is 13.2 Å². The van der Waals surface area contributed by atoms with Crippen LogP contribution in [0.15, 0.2) is 64.2 Å². The van der Waals surface area contributed by atoms with Crippen molar-refractivity contribution in [2.75, 3.05) is 24.2 Å². The number of benzene rings is 3. The molecule has 0 saturated carbocycles. The van der Waals surface area contributed by atoms with Gasteiger partial charge in [0.25, 0.3) is 5.91 Å². The minimum atomic E-state index is -3.80. The van der Waals surface area contributed by atoms with Crippen molar-refractivity contribution in [2.24, 2.45) is 5.10 Å². The van der Waals surface area contributed by atoms with E-state index in [2.05, 4.69) is 26.5 Å². The highest BCUT2D eigenvalue weighted by Crippen LogP contribution is 2.37. The van der Waals surface area contributed by atoms with Crippen LogP contribution in [0.1, 0.15) is 16.7 Å². The molecule has 1 amide bonds. The molecule has 0 aliphatic rings. The van der Waals surface area contributed by atoms with E-state index in [1.54, 1.807) is 12.1 Å². The third kappa shape index (κ3) is 8.36. The molecule has 3 rings (SSSR count). The fourth-order valence-corrected chi connectivity index (χ4v) is 5.15. The summed E-state index contributed by atoms with van der Waals surface area (Å²) in [4.78, 5) is 12.5. The number of hydrazone groups is 1. The van der Waals surface area contributed by atoms with E-state index in [0.717, 1.165) is 21.7 Å². The third-order valence-electron chi connectivity index (χ3n) is 4.98. The van der Waals surface area contributed by atoms with Gasteiger partial charge < -0.3 is 9.47 Å². The van der Waals surface area contributed by atoms with Crippen LogP contribution in [0.5, 0.6) is 11.5 Å². The molecule has 3 aromatic rings. The van der Waals surface area contributed by atoms with Gasteiger partial charge in [0.05, 0.1) is 29.7 Å². The number of anilines is 1. The fourth-order valence-electron chi connectivity index (χ4n) is 3.22. The van der Waals surface area contributed by atoms with Crippen molar-refractivity contribution in [1.82, 2.24) is 5.43 Å². The molecule has 37 heavy (non-hydrogen) atoms. The maximum atomic E-state index is 12.5. The number of nitrogens with zero attached hydrogens (tertiary/aromatic N) is 2. The number of aryl methyl sites for hydroxylation is 1. The molecule has 0 saturated heterocycles. The summed E-state index contributed by atoms with van der Waals surface area (Å²) < 4.78 is 37.5. The smallest absolute Gasteiger partial charge is 0.260 e. The number of rotatable bonds is 10. The van der Waals surface area contributed by atoms with Crippen molar-refractivity contribution < 1.29 is 22.7 Å². The van der Waals surface area contributed by atoms with Crippen LogP contribution < -0.4 is 19.2 Å². The number of hydrogen-bond donors (Lipinski definition) is 1. The van der Waals surface area contributed by atoms with Crippen LogP contribution in [0.4, 0.5) is 5.69 Å². The Balaban J connectivity index is 1.69. The lowest BCUT2D eigenvalue weighted by atomic mass is 10.2. The molecule has 0 atom stereocenters. The molecule has 8 nitrogen and oxygen atoms in total. The fraction of sp³-hybridized carbons (Fsp3) is 0.200. The van der Waals surface area contributed by atoms with Crippen LogP contribution in [0, 0.1) is 6.92 Å². The minimum Gasteiger partial charge on any atom is -0.493 e. The maximum Gasteiger partial charge on any atom is 0.260 e. The molecule has 0 heterocycles. The molecule has 0 unspecified atom stereocenters. The molecule has 0 bridgehead atoms. The van der Waals surface area contributed by atoms with E-state index in [1.807, 2.05) is 31.2 Å². The Bertz CT molecular complexity index is 1400. The number of amides is 1. The zero-order chi connectivity index (χ0) is 27.2. The van der Waals surface area contributed by atoms with E-state index < -0.39 is 22.5 Å². The van der Waals surface area contributed by atoms with Crippen molar-refractivity contribution in [1.29, 1.82) is 0 Å². The predicted molar refractivity (Wildman–Crippen MR) is 151 cm³/mol. The summed E-state index contributed by atoms with van der Waals surface area (Å²) in [5, 5.41) is 4.41. The SMILES string of the molecule is COc1cc(/C=N\NC(=O)CN(c2cc(Cl)cc(Cl)c2)S(C)(=O)=O)cc(Br)c1OCc1ccc(C)cc1. The summed E-state index contributed by atoms with van der Waals surface area (Å²) >= 11 is 15.5. The van der Waals surface area contributed by atoms with Crippen molar-refractivity contribution >= 4 is 67.0 Å². The van der Waals surface area contributed by atoms with E-state index in [9.17, 15) is 13.2 Å². The van der Waals surface area contributed by atoms with Gasteiger partial charge in [-0.2, -0.15) is 5.10 Å². The maximum absolute atomic E-state index is 12.5. The van der Waals surface area contributed by atoms with E-state index >= 15 is 0 Å². The molecular weight excluding hydrogens is 605 g/mol. The first kappa shape index (κ1) is 28.8. The second kappa shape index (κ2) is 12.6. The highest BCUT2D eigenvalue weighted by molar-refractivity contribution is 9.10. The van der Waals surface area contributed by atoms with E-state index in [0.29, 0.717) is 28.1 Å². The van der Waals surface area contributed by atoms with Crippen molar-refractivity contribution in [3.63, 3.8) is 0 Å². The summed E-state index contributed by atoms with van der Waals surface area (Å²) in [6.07, 6.45) is 2.38. The first-order valence-corrected chi connectivity index (χ1v) is 14.2. The zero-order valence-electron chi connectivity index (χ0n) is 20.2. The standard InChI is InChI=1S/C25H24BrCl2N3O5S/c1-16-4-6-17(7-5-16)15-36-25-22(26)8-18(9-23(25)35-2)13-29-30-24(32)14-31(37(3,33)34)21-11-19(27)10-20(28)12-21/h4-13H,14-15H2,1-3H3,(H,30,32)/b29-13-. The molecule has 1 N–H and O–H groups in total. The van der Waals surface area contributed by atoms with Crippen LogP contribution >= 0.6 is 39.1 Å². The van der Waals surface area contributed by atoms with Gasteiger partial charge in [-0.3, -0.25) is 9.10 Å². The van der Waals surface area contributed by atoms with E-state index in [1.165, 1.54) is 31.5 Å². The van der Waals surface area contributed by atoms with Crippen LogP contribution in [0.3, 0.4) is 0 Å². The normalized spacial score (nSPS) is 11.4. The van der Waals surface area contributed by atoms with Gasteiger partial charge in [0.2, 0.25) is 10.0 Å². The average Bonchev–Trinajstić information content (AvgIpc) is 2.81. The van der Waals surface area contributed by atoms with Crippen LogP contribution in [0.2, 0.25) is 10.0 Å². The number of sulfonamides is 1. The molecule has 0 radical (unpaired) electrons. The number of carbonyl (C=O) groups is 1. The van der Waals surface area contributed by atoms with Gasteiger partial charge in [0, 0.05) is 10.0 Å². The topological polar surface area (TPSA) is 97.3 Å². The highest BCUT2D eigenvalue weighted by Gasteiger charge is 2.21. The van der Waals surface area contributed by atoms with Crippen molar-refractivity contribution in [3.8, 4) is 11.5 Å². The number of carbonyl (C=O) groups excluding carboxylic acids is 1. The molecule has 3 aromatic carbocycles. The molecule has 0 aromatic heterocycles. The Morgan fingerprint density at radius 1 is 1.11 bits per heavy atom. The molecule has 0 fully saturated rings. The van der Waals surface area contributed by atoms with Gasteiger partial charge in [-0.05, 0) is 64.3 Å². The van der Waals surface area contributed by atoms with Gasteiger partial charge >= 0.3 is 0 Å². The first-order chi connectivity index (χ1) is 17.5. The largest absolute Gasteiger partial charge is 0.493 e. The van der Waals surface area contributed by atoms with Gasteiger partial charge in [-0.25, -0.2) is 13.8 Å². The Labute approximate surface area is 234 Å². The number of hydrogen-bond acceptors (Lipinski definition) is 6. The monoisotopic (exact) mass is 627 g/mol. The van der Waals surface area contributed by atoms with Gasteiger partial charge in [-0.1, -0.05) is 53.0 Å². The molecule has 196 valence electrons. The quantitative estimate of drug-likeness (QED) is 0.234. The zero-order valence-corrected chi connectivity index (χ0v) is 24.1. The van der Waals surface area contributed by atoms with Gasteiger partial charge in [0.15, 0.2) is 11.5 Å². The summed E-state index contributed by atoms with van der Waals surface area (Å²) in [6.45, 7) is 1.85. The molecule has 12 heteroatoms. The minimum absolute atomic E-state index is 0.161. The van der Waals surface area contributed by atoms with E-state index in [4.69, 9.17) is 32.7 Å². The first-order valence-electron chi connectivity index (χ1n) is 10.8. The molecule has 0 aliphatic carbocycles. The Morgan fingerprint density at radius 3 is 2.35 bits per heavy atom. The van der Waals surface area contributed by atoms with Crippen LogP contribution in [-0.4, -0.2) is 40.4 Å². The third-order valence-corrected chi connectivity index (χ3v) is 7.15. The summed E-state index contributed by atoms with van der Waals surface area (Å²) in [7, 11) is -2.29. The molecule has 0 spiro atoms. The van der Waals surface area contributed by atoms with E-state index in [-0.39, 0.29) is 15.7 Å². The Morgan fingerprint density at radius 2 is 1.76 bits per heavy atom. The van der Waals surface area contributed by atoms with Crippen molar-refractivity contribution in [3.05, 3.63) is 85.8 Å². The van der Waals surface area contributed by atoms with Gasteiger partial charge in [-0.15, -0.1) is 0 Å². The van der Waals surface area contributed by atoms with Crippen molar-refractivity contribution in [2.45, 2.75) is 13.5 Å². The summed E-state index contributed by atoms with van der Waals surface area (Å²) in [5.41, 5.74) is 5.27. The summed E-state index contributed by atoms with van der Waals surface area (Å²) in [6, 6.07) is 15.7. The summed E-state index contributed by atoms with van der Waals surface area (Å²) in [5.74, 6) is 0.324. The number of halogens is 3. The van der Waals surface area contributed by atoms with Crippen LogP contribution in [0.25, 0.3) is 0 Å². The predicted octanol–water partition coefficient (Wildman–Crippen LogP) is 5.57.